The molecular weight excluding hydrogens is 207 g/mol. The standard InChI is InChI=1S/C9H8F3N3/c1-15-3-2-5-7(9(10,11)12)6(13)4-14-8(5)15/h2-4H,13H2,1H3. The Bertz CT molecular complexity index is 513. The Balaban J connectivity index is 2.87. The summed E-state index contributed by atoms with van der Waals surface area (Å²) in [6.07, 6.45) is -1.90. The van der Waals surface area contributed by atoms with Gasteiger partial charge in [0, 0.05) is 18.6 Å². The number of nitrogens with two attached hydrogens (primary N) is 1. The van der Waals surface area contributed by atoms with E-state index >= 15 is 0 Å². The minimum Gasteiger partial charge on any atom is -0.397 e. The Hall–Kier alpha value is -1.72. The lowest BCUT2D eigenvalue weighted by Crippen LogP contribution is -2.10. The lowest BCUT2D eigenvalue weighted by atomic mass is 10.1. The Labute approximate surface area is 83.3 Å². The van der Waals surface area contributed by atoms with Gasteiger partial charge in [0.2, 0.25) is 0 Å². The molecule has 0 aromatic carbocycles. The smallest absolute Gasteiger partial charge is 0.397 e. The zero-order chi connectivity index (χ0) is 11.2. The summed E-state index contributed by atoms with van der Waals surface area (Å²) in [4.78, 5) is 3.85. The van der Waals surface area contributed by atoms with Crippen LogP contribution in [0, 0.1) is 0 Å². The molecule has 0 bridgehead atoms. The first-order chi connectivity index (χ1) is 6.91. The summed E-state index contributed by atoms with van der Waals surface area (Å²) < 4.78 is 39.5. The van der Waals surface area contributed by atoms with Gasteiger partial charge >= 0.3 is 6.18 Å². The molecule has 2 N–H and O–H groups in total. The molecule has 0 unspecified atom stereocenters. The van der Waals surface area contributed by atoms with Gasteiger partial charge in [-0.3, -0.25) is 0 Å². The lowest BCUT2D eigenvalue weighted by molar-refractivity contribution is -0.135. The van der Waals surface area contributed by atoms with Crippen molar-refractivity contribution in [3.05, 3.63) is 24.0 Å². The summed E-state index contributed by atoms with van der Waals surface area (Å²) in [5, 5.41) is 0.0324. The molecule has 6 heteroatoms. The molecule has 0 spiro atoms. The van der Waals surface area contributed by atoms with Crippen molar-refractivity contribution in [3.63, 3.8) is 0 Å². The van der Waals surface area contributed by atoms with Crippen LogP contribution in [0.25, 0.3) is 11.0 Å². The van der Waals surface area contributed by atoms with E-state index in [1.54, 1.807) is 7.05 Å². The fourth-order valence-corrected chi connectivity index (χ4v) is 1.54. The fourth-order valence-electron chi connectivity index (χ4n) is 1.54. The van der Waals surface area contributed by atoms with E-state index in [2.05, 4.69) is 4.98 Å². The third-order valence-corrected chi connectivity index (χ3v) is 2.21. The number of pyridine rings is 1. The van der Waals surface area contributed by atoms with Crippen LogP contribution in [0.4, 0.5) is 18.9 Å². The van der Waals surface area contributed by atoms with Gasteiger partial charge in [-0.25, -0.2) is 4.98 Å². The van der Waals surface area contributed by atoms with Crippen LogP contribution < -0.4 is 5.73 Å². The van der Waals surface area contributed by atoms with Crippen LogP contribution in [0.2, 0.25) is 0 Å². The Morgan fingerprint density at radius 3 is 2.67 bits per heavy atom. The van der Waals surface area contributed by atoms with E-state index in [0.717, 1.165) is 6.20 Å². The van der Waals surface area contributed by atoms with E-state index in [4.69, 9.17) is 5.73 Å². The number of nitrogen functional groups attached to an aromatic ring is 1. The van der Waals surface area contributed by atoms with Gasteiger partial charge in [-0.05, 0) is 6.07 Å². The third-order valence-electron chi connectivity index (χ3n) is 2.21. The van der Waals surface area contributed by atoms with Crippen LogP contribution in [-0.4, -0.2) is 9.55 Å². The number of nitrogens with zero attached hydrogens (tertiary/aromatic N) is 2. The van der Waals surface area contributed by atoms with Crippen molar-refractivity contribution in [3.8, 4) is 0 Å². The molecule has 0 aliphatic carbocycles. The van der Waals surface area contributed by atoms with Gasteiger partial charge in [0.15, 0.2) is 0 Å². The SMILES string of the molecule is Cn1ccc2c(C(F)(F)F)c(N)cnc21. The largest absolute Gasteiger partial charge is 0.419 e. The molecule has 2 heterocycles. The van der Waals surface area contributed by atoms with Gasteiger partial charge in [-0.2, -0.15) is 13.2 Å². The molecule has 15 heavy (non-hydrogen) atoms. The van der Waals surface area contributed by atoms with Crippen molar-refractivity contribution in [1.82, 2.24) is 9.55 Å². The molecule has 0 saturated heterocycles. The second-order valence-corrected chi connectivity index (χ2v) is 3.25. The summed E-state index contributed by atoms with van der Waals surface area (Å²) in [6.45, 7) is 0. The van der Waals surface area contributed by atoms with Gasteiger partial charge < -0.3 is 10.3 Å². The van der Waals surface area contributed by atoms with E-state index in [1.807, 2.05) is 0 Å². The van der Waals surface area contributed by atoms with E-state index in [1.165, 1.54) is 16.8 Å². The number of halogens is 3. The molecule has 3 nitrogen and oxygen atoms in total. The molecule has 0 radical (unpaired) electrons. The van der Waals surface area contributed by atoms with E-state index in [0.29, 0.717) is 0 Å². The summed E-state index contributed by atoms with van der Waals surface area (Å²) >= 11 is 0. The van der Waals surface area contributed by atoms with Crippen molar-refractivity contribution in [2.75, 3.05) is 5.73 Å². The van der Waals surface area contributed by atoms with Crippen molar-refractivity contribution >= 4 is 16.7 Å². The number of rotatable bonds is 0. The van der Waals surface area contributed by atoms with Crippen molar-refractivity contribution < 1.29 is 13.2 Å². The Morgan fingerprint density at radius 1 is 1.40 bits per heavy atom. The van der Waals surface area contributed by atoms with Crippen LogP contribution in [0.15, 0.2) is 18.5 Å². The second-order valence-electron chi connectivity index (χ2n) is 3.25. The zero-order valence-electron chi connectivity index (χ0n) is 7.84. The maximum absolute atomic E-state index is 12.7. The van der Waals surface area contributed by atoms with Crippen LogP contribution in [0.1, 0.15) is 5.56 Å². The highest BCUT2D eigenvalue weighted by Gasteiger charge is 2.35. The molecule has 0 aliphatic heterocycles. The summed E-state index contributed by atoms with van der Waals surface area (Å²) in [6, 6.07) is 1.36. The zero-order valence-corrected chi connectivity index (χ0v) is 7.84. The molecule has 0 aliphatic rings. The Morgan fingerprint density at radius 2 is 2.07 bits per heavy atom. The fraction of sp³-hybridized carbons (Fsp3) is 0.222. The van der Waals surface area contributed by atoms with E-state index < -0.39 is 11.7 Å². The maximum Gasteiger partial charge on any atom is 0.419 e. The number of fused-ring (bicyclic) bond motifs is 1. The predicted octanol–water partition coefficient (Wildman–Crippen LogP) is 2.17. The number of alkyl halides is 3. The highest BCUT2D eigenvalue weighted by atomic mass is 19.4. The number of anilines is 1. The predicted molar refractivity (Wildman–Crippen MR) is 50.1 cm³/mol. The lowest BCUT2D eigenvalue weighted by Gasteiger charge is -2.10. The van der Waals surface area contributed by atoms with Crippen molar-refractivity contribution in [1.29, 1.82) is 0 Å². The molecule has 0 amide bonds. The van der Waals surface area contributed by atoms with Crippen molar-refractivity contribution in [2.24, 2.45) is 7.05 Å². The van der Waals surface area contributed by atoms with E-state index in [9.17, 15) is 13.2 Å². The summed E-state index contributed by atoms with van der Waals surface area (Å²) in [5.74, 6) is 0. The van der Waals surface area contributed by atoms with Gasteiger partial charge in [0.05, 0.1) is 17.4 Å². The average molecular weight is 215 g/mol. The average Bonchev–Trinajstić information content (AvgIpc) is 2.45. The normalized spacial score (nSPS) is 12.3. The van der Waals surface area contributed by atoms with Crippen LogP contribution in [0.3, 0.4) is 0 Å². The third kappa shape index (κ3) is 1.42. The van der Waals surface area contributed by atoms with E-state index in [-0.39, 0.29) is 16.7 Å². The monoisotopic (exact) mass is 215 g/mol. The molecular formula is C9H8F3N3. The highest BCUT2D eigenvalue weighted by Crippen LogP contribution is 2.37. The highest BCUT2D eigenvalue weighted by molar-refractivity contribution is 5.85. The number of hydrogen-bond donors (Lipinski definition) is 1. The van der Waals surface area contributed by atoms with Crippen molar-refractivity contribution in [2.45, 2.75) is 6.18 Å². The maximum atomic E-state index is 12.7. The molecule has 0 saturated carbocycles. The van der Waals surface area contributed by atoms with Gasteiger partial charge in [-0.15, -0.1) is 0 Å². The number of aryl methyl sites for hydroxylation is 1. The van der Waals surface area contributed by atoms with Crippen LogP contribution in [0.5, 0.6) is 0 Å². The first-order valence-corrected chi connectivity index (χ1v) is 4.18. The minimum absolute atomic E-state index is 0.0324. The molecule has 0 atom stereocenters. The molecule has 2 aromatic rings. The van der Waals surface area contributed by atoms with Crippen LogP contribution >= 0.6 is 0 Å². The summed E-state index contributed by atoms with van der Waals surface area (Å²) in [5.41, 5.74) is 4.41. The number of hydrogen-bond acceptors (Lipinski definition) is 2. The van der Waals surface area contributed by atoms with Gasteiger partial charge in [0.1, 0.15) is 5.65 Å². The molecule has 2 aromatic heterocycles. The number of aromatic nitrogens is 2. The minimum atomic E-state index is -4.45. The first kappa shape index (κ1) is 9.82. The molecule has 0 fully saturated rings. The van der Waals surface area contributed by atoms with Gasteiger partial charge in [0.25, 0.3) is 0 Å². The molecule has 2 rings (SSSR count). The van der Waals surface area contributed by atoms with Gasteiger partial charge in [-0.1, -0.05) is 0 Å². The summed E-state index contributed by atoms with van der Waals surface area (Å²) in [7, 11) is 1.63. The first-order valence-electron chi connectivity index (χ1n) is 4.18. The van der Waals surface area contributed by atoms with Crippen LogP contribution in [-0.2, 0) is 13.2 Å². The second kappa shape index (κ2) is 2.88. The topological polar surface area (TPSA) is 43.8 Å². The molecule has 80 valence electrons. The quantitative estimate of drug-likeness (QED) is 0.731. The Kier molecular flexibility index (Phi) is 1.89.